The Kier molecular flexibility index (Phi) is 5.68. The molecule has 2 heterocycles. The molecule has 6 rings (SSSR count). The van der Waals surface area contributed by atoms with Crippen LogP contribution in [0.25, 0.3) is 0 Å². The smallest absolute Gasteiger partial charge is 0.241 e. The van der Waals surface area contributed by atoms with Crippen LogP contribution in [-0.4, -0.2) is 47.2 Å². The molecule has 7 heteroatoms. The Morgan fingerprint density at radius 1 is 1.06 bits per heavy atom. The van der Waals surface area contributed by atoms with Crippen molar-refractivity contribution in [2.45, 2.75) is 58.3 Å². The van der Waals surface area contributed by atoms with E-state index in [-0.39, 0.29) is 35.6 Å². The van der Waals surface area contributed by atoms with Crippen LogP contribution in [0.2, 0.25) is 0 Å². The van der Waals surface area contributed by atoms with Gasteiger partial charge in [0.1, 0.15) is 5.82 Å². The summed E-state index contributed by atoms with van der Waals surface area (Å²) in [4.78, 5) is 44.4. The first-order valence-corrected chi connectivity index (χ1v) is 12.2. The van der Waals surface area contributed by atoms with Gasteiger partial charge < -0.3 is 15.5 Å². The zero-order valence-corrected chi connectivity index (χ0v) is 18.9. The number of likely N-dealkylation sites (tertiary alicyclic amines) is 1. The van der Waals surface area contributed by atoms with Crippen LogP contribution >= 0.6 is 0 Å². The van der Waals surface area contributed by atoms with E-state index in [0.29, 0.717) is 49.5 Å². The molecule has 5 fully saturated rings. The van der Waals surface area contributed by atoms with Crippen LogP contribution in [-0.2, 0) is 14.4 Å². The Labute approximate surface area is 189 Å². The van der Waals surface area contributed by atoms with Gasteiger partial charge in [0.25, 0.3) is 0 Å². The number of hydrogen-bond acceptors (Lipinski definition) is 4. The van der Waals surface area contributed by atoms with Crippen LogP contribution in [0.1, 0.15) is 56.9 Å². The molecule has 7 nitrogen and oxygen atoms in total. The average Bonchev–Trinajstić information content (AvgIpc) is 2.76. The number of piperidine rings is 1. The van der Waals surface area contributed by atoms with E-state index in [2.05, 4.69) is 15.6 Å². The lowest BCUT2D eigenvalue weighted by molar-refractivity contribution is -0.148. The van der Waals surface area contributed by atoms with Crippen molar-refractivity contribution < 1.29 is 14.4 Å². The third-order valence-electron chi connectivity index (χ3n) is 8.31. The minimum Gasteiger partial charge on any atom is -0.347 e. The van der Waals surface area contributed by atoms with Crippen molar-refractivity contribution in [2.75, 3.05) is 25.0 Å². The number of amides is 3. The summed E-state index contributed by atoms with van der Waals surface area (Å²) in [5, 5.41) is 5.88. The molecule has 1 aromatic rings. The van der Waals surface area contributed by atoms with E-state index < -0.39 is 0 Å². The number of carbonyl (C=O) groups is 3. The van der Waals surface area contributed by atoms with E-state index in [9.17, 15) is 14.4 Å². The second-order valence-corrected chi connectivity index (χ2v) is 10.7. The Hall–Kier alpha value is -2.44. The van der Waals surface area contributed by atoms with Crippen LogP contribution in [0.4, 0.5) is 5.82 Å². The van der Waals surface area contributed by atoms with E-state index in [1.807, 2.05) is 19.1 Å². The first-order chi connectivity index (χ1) is 15.4. The second kappa shape index (κ2) is 8.49. The maximum absolute atomic E-state index is 13.1. The maximum atomic E-state index is 13.1. The van der Waals surface area contributed by atoms with Gasteiger partial charge in [-0.3, -0.25) is 14.4 Å². The maximum Gasteiger partial charge on any atom is 0.241 e. The summed E-state index contributed by atoms with van der Waals surface area (Å²) < 4.78 is 0. The SMILES string of the molecule is Cc1ccnc(NC(=O)C2CCN(C(=O)CNC(=O)C34CC5CC(CC(C5)C3)C4)CC2)c1. The Balaban J connectivity index is 1.08. The quantitative estimate of drug-likeness (QED) is 0.740. The molecule has 5 aliphatic rings. The normalized spacial score (nSPS) is 31.4. The molecule has 3 amide bonds. The molecule has 0 unspecified atom stereocenters. The number of anilines is 1. The van der Waals surface area contributed by atoms with Crippen LogP contribution in [0.3, 0.4) is 0 Å². The van der Waals surface area contributed by atoms with Gasteiger partial charge in [-0.05, 0) is 93.7 Å². The topological polar surface area (TPSA) is 91.4 Å². The molecule has 1 aromatic heterocycles. The van der Waals surface area contributed by atoms with Crippen molar-refractivity contribution in [3.63, 3.8) is 0 Å². The van der Waals surface area contributed by atoms with Crippen molar-refractivity contribution in [2.24, 2.45) is 29.1 Å². The molecule has 1 aliphatic heterocycles. The molecule has 4 saturated carbocycles. The highest BCUT2D eigenvalue weighted by Crippen LogP contribution is 2.60. The lowest BCUT2D eigenvalue weighted by Crippen LogP contribution is -2.55. The third kappa shape index (κ3) is 4.26. The fourth-order valence-corrected chi connectivity index (χ4v) is 7.07. The average molecular weight is 439 g/mol. The highest BCUT2D eigenvalue weighted by atomic mass is 16.2. The summed E-state index contributed by atoms with van der Waals surface area (Å²) in [6.07, 6.45) is 9.87. The molecular weight excluding hydrogens is 404 g/mol. The number of aromatic nitrogens is 1. The first-order valence-electron chi connectivity index (χ1n) is 12.2. The summed E-state index contributed by atoms with van der Waals surface area (Å²) in [6, 6.07) is 3.74. The van der Waals surface area contributed by atoms with Crippen LogP contribution in [0.5, 0.6) is 0 Å². The molecular formula is C25H34N4O3. The number of hydrogen-bond donors (Lipinski definition) is 2. The third-order valence-corrected chi connectivity index (χ3v) is 8.31. The molecule has 0 spiro atoms. The molecule has 4 aliphatic carbocycles. The number of nitrogens with zero attached hydrogens (tertiary/aromatic N) is 2. The van der Waals surface area contributed by atoms with Gasteiger partial charge in [-0.15, -0.1) is 0 Å². The standard InChI is InChI=1S/C25H34N4O3/c1-16-2-5-26-21(8-16)28-23(31)20-3-6-29(7-4-20)22(30)15-27-24(32)25-12-17-9-18(13-25)11-19(10-17)14-25/h2,5,8,17-20H,3-4,6-7,9-15H2,1H3,(H,27,32)(H,26,28,31). The summed E-state index contributed by atoms with van der Waals surface area (Å²) in [6.45, 7) is 3.13. The van der Waals surface area contributed by atoms with Crippen molar-refractivity contribution in [3.8, 4) is 0 Å². The minimum absolute atomic E-state index is 0.0367. The lowest BCUT2D eigenvalue weighted by Gasteiger charge is -2.55. The molecule has 4 bridgehead atoms. The second-order valence-electron chi connectivity index (χ2n) is 10.7. The van der Waals surface area contributed by atoms with Gasteiger partial charge in [-0.2, -0.15) is 0 Å². The van der Waals surface area contributed by atoms with Crippen molar-refractivity contribution in [1.82, 2.24) is 15.2 Å². The van der Waals surface area contributed by atoms with Gasteiger partial charge in [-0.25, -0.2) is 4.98 Å². The molecule has 1 saturated heterocycles. The largest absolute Gasteiger partial charge is 0.347 e. The Morgan fingerprint density at radius 2 is 1.69 bits per heavy atom. The predicted molar refractivity (Wildman–Crippen MR) is 121 cm³/mol. The van der Waals surface area contributed by atoms with Gasteiger partial charge >= 0.3 is 0 Å². The number of pyridine rings is 1. The summed E-state index contributed by atoms with van der Waals surface area (Å²) in [7, 11) is 0. The molecule has 172 valence electrons. The van der Waals surface area contributed by atoms with E-state index in [0.717, 1.165) is 24.8 Å². The van der Waals surface area contributed by atoms with Crippen molar-refractivity contribution in [1.29, 1.82) is 0 Å². The highest BCUT2D eigenvalue weighted by molar-refractivity contribution is 5.92. The molecule has 0 atom stereocenters. The van der Waals surface area contributed by atoms with E-state index in [1.54, 1.807) is 11.1 Å². The first kappa shape index (κ1) is 21.4. The van der Waals surface area contributed by atoms with Crippen LogP contribution in [0.15, 0.2) is 18.3 Å². The zero-order valence-electron chi connectivity index (χ0n) is 18.9. The Morgan fingerprint density at radius 3 is 2.28 bits per heavy atom. The lowest BCUT2D eigenvalue weighted by atomic mass is 9.49. The van der Waals surface area contributed by atoms with Crippen molar-refractivity contribution in [3.05, 3.63) is 23.9 Å². The van der Waals surface area contributed by atoms with Gasteiger partial charge in [-0.1, -0.05) is 0 Å². The number of rotatable bonds is 5. The fourth-order valence-electron chi connectivity index (χ4n) is 7.07. The zero-order chi connectivity index (χ0) is 22.3. The van der Waals surface area contributed by atoms with Crippen LogP contribution in [0, 0.1) is 36.0 Å². The molecule has 0 aromatic carbocycles. The monoisotopic (exact) mass is 438 g/mol. The van der Waals surface area contributed by atoms with Gasteiger partial charge in [0.05, 0.1) is 6.54 Å². The summed E-state index contributed by atoms with van der Waals surface area (Å²) in [5.74, 6) is 2.61. The highest BCUT2D eigenvalue weighted by Gasteiger charge is 2.54. The summed E-state index contributed by atoms with van der Waals surface area (Å²) >= 11 is 0. The number of aryl methyl sites for hydroxylation is 1. The fraction of sp³-hybridized carbons (Fsp3) is 0.680. The minimum atomic E-state index is -0.218. The van der Waals surface area contributed by atoms with Gasteiger partial charge in [0, 0.05) is 30.6 Å². The van der Waals surface area contributed by atoms with E-state index >= 15 is 0 Å². The molecule has 32 heavy (non-hydrogen) atoms. The Bertz CT molecular complexity index is 871. The summed E-state index contributed by atoms with van der Waals surface area (Å²) in [5.41, 5.74) is 0.829. The van der Waals surface area contributed by atoms with E-state index in [4.69, 9.17) is 0 Å². The number of carbonyl (C=O) groups excluding carboxylic acids is 3. The van der Waals surface area contributed by atoms with E-state index in [1.165, 1.54) is 19.3 Å². The predicted octanol–water partition coefficient (Wildman–Crippen LogP) is 2.90. The molecule has 0 radical (unpaired) electrons. The van der Waals surface area contributed by atoms with Crippen molar-refractivity contribution >= 4 is 23.5 Å². The van der Waals surface area contributed by atoms with Gasteiger partial charge in [0.2, 0.25) is 17.7 Å². The number of nitrogens with one attached hydrogen (secondary N) is 2. The van der Waals surface area contributed by atoms with Crippen LogP contribution < -0.4 is 10.6 Å². The van der Waals surface area contributed by atoms with Gasteiger partial charge in [0.15, 0.2) is 0 Å². The molecule has 2 N–H and O–H groups in total.